The van der Waals surface area contributed by atoms with Gasteiger partial charge >= 0.3 is 0 Å². The Bertz CT molecular complexity index is 999. The van der Waals surface area contributed by atoms with Crippen molar-refractivity contribution in [3.63, 3.8) is 0 Å². The summed E-state index contributed by atoms with van der Waals surface area (Å²) in [7, 11) is 0. The van der Waals surface area contributed by atoms with E-state index in [0.29, 0.717) is 11.5 Å². The molecule has 0 aromatic heterocycles. The molecule has 1 nitrogen and oxygen atoms in total. The smallest absolute Gasteiger partial charge is 0.194 e. The number of hydrogen-bond acceptors (Lipinski definition) is 1. The largest absolute Gasteiger partial charge is 0.373 e. The zero-order valence-electron chi connectivity index (χ0n) is 15.9. The van der Waals surface area contributed by atoms with Gasteiger partial charge in [-0.25, -0.2) is 17.6 Å². The summed E-state index contributed by atoms with van der Waals surface area (Å²) in [5.41, 5.74) is 2.51. The Balaban J connectivity index is 0.00000256. The summed E-state index contributed by atoms with van der Waals surface area (Å²) in [6, 6.07) is 13.8. The normalized spacial score (nSPS) is 18.7. The number of hydrogen-bond donors (Lipinski definition) is 0. The van der Waals surface area contributed by atoms with Crippen LogP contribution in [-0.2, 0) is 4.74 Å². The highest BCUT2D eigenvalue weighted by Gasteiger charge is 2.20. The topological polar surface area (TPSA) is 9.23 Å². The molecule has 1 saturated heterocycles. The zero-order valence-corrected chi connectivity index (χ0v) is 15.9. The predicted octanol–water partition coefficient (Wildman–Crippen LogP) is 7.70. The second kappa shape index (κ2) is 9.00. The molecule has 1 aliphatic rings. The molecule has 1 fully saturated rings. The standard InChI is InChI=1S/C24H20F4O.CH4/c1-14-2-9-23(29-13-14)16-5-3-15(4-6-16)17-7-8-19(20(25)10-17)18-11-21(26)24(28)22(27)12-18;/h3-8,10-12,14,23H,2,9,13H2,1H3;1H4. The lowest BCUT2D eigenvalue weighted by Gasteiger charge is -2.27. The van der Waals surface area contributed by atoms with E-state index in [-0.39, 0.29) is 24.7 Å². The first kappa shape index (κ1) is 22.0. The van der Waals surface area contributed by atoms with Gasteiger partial charge < -0.3 is 4.74 Å². The Hall–Kier alpha value is -2.66. The Morgan fingerprint density at radius 2 is 1.33 bits per heavy atom. The van der Waals surface area contributed by atoms with Gasteiger partial charge in [-0.1, -0.05) is 50.7 Å². The molecule has 3 aromatic rings. The fraction of sp³-hybridized carbons (Fsp3) is 0.280. The Kier molecular flexibility index (Phi) is 6.61. The Morgan fingerprint density at radius 3 is 1.90 bits per heavy atom. The molecule has 1 heterocycles. The molecule has 0 aliphatic carbocycles. The third-order valence-corrected chi connectivity index (χ3v) is 5.38. The predicted molar refractivity (Wildman–Crippen MR) is 111 cm³/mol. The molecule has 1 aliphatic heterocycles. The second-order valence-corrected chi connectivity index (χ2v) is 7.58. The van der Waals surface area contributed by atoms with E-state index in [0.717, 1.165) is 42.7 Å². The fourth-order valence-electron chi connectivity index (χ4n) is 3.68. The van der Waals surface area contributed by atoms with Crippen molar-refractivity contribution in [2.75, 3.05) is 6.61 Å². The lowest BCUT2D eigenvalue weighted by Crippen LogP contribution is -2.18. The van der Waals surface area contributed by atoms with Crippen molar-refractivity contribution in [3.8, 4) is 22.3 Å². The molecule has 4 rings (SSSR count). The van der Waals surface area contributed by atoms with Crippen molar-refractivity contribution in [3.05, 3.63) is 83.4 Å². The minimum Gasteiger partial charge on any atom is -0.373 e. The van der Waals surface area contributed by atoms with Gasteiger partial charge in [0.1, 0.15) is 5.82 Å². The first-order valence-corrected chi connectivity index (χ1v) is 9.59. The van der Waals surface area contributed by atoms with E-state index in [4.69, 9.17) is 4.74 Å². The van der Waals surface area contributed by atoms with Gasteiger partial charge in [0, 0.05) is 12.2 Å². The van der Waals surface area contributed by atoms with Crippen molar-refractivity contribution in [1.82, 2.24) is 0 Å². The van der Waals surface area contributed by atoms with Gasteiger partial charge in [-0.15, -0.1) is 0 Å². The SMILES string of the molecule is C.CC1CCC(c2ccc(-c3ccc(-c4cc(F)c(F)c(F)c4)c(F)c3)cc2)OC1. The molecule has 0 bridgehead atoms. The van der Waals surface area contributed by atoms with E-state index < -0.39 is 23.3 Å². The molecular weight excluding hydrogens is 392 g/mol. The summed E-state index contributed by atoms with van der Waals surface area (Å²) in [6.07, 6.45) is 2.20. The van der Waals surface area contributed by atoms with E-state index in [1.165, 1.54) is 12.1 Å². The number of rotatable bonds is 3. The molecule has 5 heteroatoms. The fourth-order valence-corrected chi connectivity index (χ4v) is 3.68. The molecule has 2 unspecified atom stereocenters. The van der Waals surface area contributed by atoms with E-state index in [1.807, 2.05) is 24.3 Å². The minimum atomic E-state index is -1.57. The highest BCUT2D eigenvalue weighted by atomic mass is 19.2. The van der Waals surface area contributed by atoms with Crippen LogP contribution >= 0.6 is 0 Å². The van der Waals surface area contributed by atoms with Crippen molar-refractivity contribution in [1.29, 1.82) is 0 Å². The molecule has 0 N–H and O–H groups in total. The van der Waals surface area contributed by atoms with E-state index in [9.17, 15) is 17.6 Å². The first-order valence-electron chi connectivity index (χ1n) is 9.59. The first-order chi connectivity index (χ1) is 13.9. The summed E-state index contributed by atoms with van der Waals surface area (Å²) < 4.78 is 60.6. The molecule has 30 heavy (non-hydrogen) atoms. The highest BCUT2D eigenvalue weighted by molar-refractivity contribution is 5.71. The third kappa shape index (κ3) is 4.41. The van der Waals surface area contributed by atoms with Gasteiger partial charge in [0.15, 0.2) is 17.5 Å². The van der Waals surface area contributed by atoms with Crippen LogP contribution in [0.5, 0.6) is 0 Å². The van der Waals surface area contributed by atoms with Gasteiger partial charge in [-0.3, -0.25) is 0 Å². The van der Waals surface area contributed by atoms with Crippen LogP contribution in [-0.4, -0.2) is 6.61 Å². The average molecular weight is 416 g/mol. The molecular formula is C25H24F4O. The number of benzene rings is 3. The van der Waals surface area contributed by atoms with Crippen LogP contribution in [0, 0.1) is 29.2 Å². The van der Waals surface area contributed by atoms with Gasteiger partial charge in [0.2, 0.25) is 0 Å². The van der Waals surface area contributed by atoms with E-state index in [2.05, 4.69) is 6.92 Å². The summed E-state index contributed by atoms with van der Waals surface area (Å²) in [5.74, 6) is -4.32. The molecule has 0 saturated carbocycles. The molecule has 158 valence electrons. The summed E-state index contributed by atoms with van der Waals surface area (Å²) >= 11 is 0. The van der Waals surface area contributed by atoms with Gasteiger partial charge in [-0.2, -0.15) is 0 Å². The van der Waals surface area contributed by atoms with Gasteiger partial charge in [-0.05, 0) is 59.2 Å². The third-order valence-electron chi connectivity index (χ3n) is 5.38. The van der Waals surface area contributed by atoms with Gasteiger partial charge in [0.05, 0.1) is 6.10 Å². The average Bonchev–Trinajstić information content (AvgIpc) is 2.72. The van der Waals surface area contributed by atoms with Crippen LogP contribution < -0.4 is 0 Å². The van der Waals surface area contributed by atoms with Gasteiger partial charge in [0.25, 0.3) is 0 Å². The Labute approximate surface area is 174 Å². The van der Waals surface area contributed by atoms with Crippen molar-refractivity contribution < 1.29 is 22.3 Å². The van der Waals surface area contributed by atoms with E-state index >= 15 is 0 Å². The van der Waals surface area contributed by atoms with Crippen LogP contribution in [0.1, 0.15) is 38.9 Å². The molecule has 3 aromatic carbocycles. The maximum absolute atomic E-state index is 14.6. The van der Waals surface area contributed by atoms with E-state index in [1.54, 1.807) is 6.07 Å². The zero-order chi connectivity index (χ0) is 20.5. The summed E-state index contributed by atoms with van der Waals surface area (Å²) in [5, 5.41) is 0. The molecule has 0 radical (unpaired) electrons. The van der Waals surface area contributed by atoms with Crippen molar-refractivity contribution in [2.24, 2.45) is 5.92 Å². The lowest BCUT2D eigenvalue weighted by molar-refractivity contribution is -0.0123. The van der Waals surface area contributed by atoms with Crippen molar-refractivity contribution >= 4 is 0 Å². The maximum Gasteiger partial charge on any atom is 0.194 e. The van der Waals surface area contributed by atoms with Crippen LogP contribution in [0.2, 0.25) is 0 Å². The van der Waals surface area contributed by atoms with Crippen LogP contribution in [0.3, 0.4) is 0 Å². The molecule has 0 amide bonds. The van der Waals surface area contributed by atoms with Crippen LogP contribution in [0.25, 0.3) is 22.3 Å². The summed E-state index contributed by atoms with van der Waals surface area (Å²) in [4.78, 5) is 0. The van der Waals surface area contributed by atoms with Crippen molar-refractivity contribution in [2.45, 2.75) is 33.3 Å². The molecule has 0 spiro atoms. The second-order valence-electron chi connectivity index (χ2n) is 7.58. The lowest BCUT2D eigenvalue weighted by atomic mass is 9.94. The quantitative estimate of drug-likeness (QED) is 0.314. The monoisotopic (exact) mass is 416 g/mol. The molecule has 2 atom stereocenters. The van der Waals surface area contributed by atoms with Crippen LogP contribution in [0.15, 0.2) is 54.6 Å². The summed E-state index contributed by atoms with van der Waals surface area (Å²) in [6.45, 7) is 2.93. The number of halogens is 4. The highest BCUT2D eigenvalue weighted by Crippen LogP contribution is 2.33. The minimum absolute atomic E-state index is 0. The maximum atomic E-state index is 14.6. The number of ether oxygens (including phenoxy) is 1. The van der Waals surface area contributed by atoms with Crippen LogP contribution in [0.4, 0.5) is 17.6 Å². The Morgan fingerprint density at radius 1 is 0.733 bits per heavy atom.